The second-order valence-corrected chi connectivity index (χ2v) is 4.46. The number of hydrazone groups is 1. The maximum atomic E-state index is 10.9. The van der Waals surface area contributed by atoms with Gasteiger partial charge in [-0.05, 0) is 46.9 Å². The lowest BCUT2D eigenvalue weighted by Crippen LogP contribution is -2.24. The number of nitrogens with zero attached hydrogens (tertiary/aromatic N) is 1. The van der Waals surface area contributed by atoms with Gasteiger partial charge in [-0.2, -0.15) is 5.10 Å². The van der Waals surface area contributed by atoms with E-state index in [2.05, 4.69) is 22.7 Å². The summed E-state index contributed by atoms with van der Waals surface area (Å²) in [6.07, 6.45) is 1.36. The van der Waals surface area contributed by atoms with Gasteiger partial charge in [0.05, 0.1) is 11.8 Å². The van der Waals surface area contributed by atoms with Crippen LogP contribution in [0.5, 0.6) is 0 Å². The van der Waals surface area contributed by atoms with Crippen molar-refractivity contribution in [2.24, 2.45) is 10.8 Å². The van der Waals surface area contributed by atoms with Crippen molar-refractivity contribution in [3.63, 3.8) is 0 Å². The van der Waals surface area contributed by atoms with Crippen LogP contribution >= 0.6 is 34.8 Å². The predicted octanol–water partition coefficient (Wildman–Crippen LogP) is 1.16. The third-order valence-corrected chi connectivity index (χ3v) is 2.39. The first-order valence-corrected chi connectivity index (χ1v) is 5.61. The number of aromatic carboxylic acids is 1. The predicted molar refractivity (Wildman–Crippen MR) is 73.6 cm³/mol. The Morgan fingerprint density at radius 2 is 2.31 bits per heavy atom. The van der Waals surface area contributed by atoms with E-state index in [0.29, 0.717) is 5.56 Å². The number of carboxylic acid groups (broad SMARTS) is 1. The van der Waals surface area contributed by atoms with Crippen LogP contribution in [0.3, 0.4) is 0 Å². The molecule has 7 heteroatoms. The molecular weight excluding hydrogens is 341 g/mol. The minimum absolute atomic E-state index is 0.0265. The molecule has 0 saturated carbocycles. The van der Waals surface area contributed by atoms with Crippen LogP contribution in [0.1, 0.15) is 15.9 Å². The fourth-order valence-corrected chi connectivity index (χ4v) is 1.54. The molecule has 0 aliphatic carbocycles. The molecule has 0 bridgehead atoms. The quantitative estimate of drug-likeness (QED) is 0.330. The molecule has 0 saturated heterocycles. The van der Waals surface area contributed by atoms with Gasteiger partial charge in [0, 0.05) is 9.13 Å². The first kappa shape index (κ1) is 12.8. The first-order valence-electron chi connectivity index (χ1n) is 4.12. The molecule has 0 spiro atoms. The molecule has 0 amide bonds. The summed E-state index contributed by atoms with van der Waals surface area (Å²) in [5, 5.41) is 12.7. The number of thiocarbonyl (C=S) groups is 1. The smallest absolute Gasteiger partial charge is 0.336 e. The number of hydrogen-bond donors (Lipinski definition) is 3. The molecule has 5 nitrogen and oxygen atoms in total. The van der Waals surface area contributed by atoms with Crippen molar-refractivity contribution in [2.75, 3.05) is 0 Å². The molecule has 0 aliphatic heterocycles. The number of carbonyl (C=O) groups is 1. The Balaban J connectivity index is 2.99. The van der Waals surface area contributed by atoms with E-state index in [0.717, 1.165) is 3.57 Å². The van der Waals surface area contributed by atoms with Crippen molar-refractivity contribution in [3.8, 4) is 0 Å². The summed E-state index contributed by atoms with van der Waals surface area (Å²) >= 11 is 6.59. The van der Waals surface area contributed by atoms with Crippen molar-refractivity contribution >= 4 is 52.1 Å². The molecule has 84 valence electrons. The molecule has 0 atom stereocenters. The molecule has 1 rings (SSSR count). The summed E-state index contributed by atoms with van der Waals surface area (Å²) in [6.45, 7) is 0. The molecule has 0 radical (unpaired) electrons. The molecule has 0 unspecified atom stereocenters. The van der Waals surface area contributed by atoms with Crippen molar-refractivity contribution in [2.45, 2.75) is 0 Å². The first-order chi connectivity index (χ1) is 7.50. The minimum atomic E-state index is -1.00. The highest BCUT2D eigenvalue weighted by Gasteiger charge is 2.08. The van der Waals surface area contributed by atoms with Crippen LogP contribution in [0.4, 0.5) is 0 Å². The van der Waals surface area contributed by atoms with Crippen molar-refractivity contribution in [1.82, 2.24) is 5.43 Å². The van der Waals surface area contributed by atoms with Gasteiger partial charge in [0.15, 0.2) is 5.11 Å². The normalized spacial score (nSPS) is 10.3. The summed E-state index contributed by atoms with van der Waals surface area (Å²) in [4.78, 5) is 10.9. The molecule has 1 aromatic rings. The SMILES string of the molecule is NC(=S)NN=Cc1ccc(I)cc1C(=O)O. The Morgan fingerprint density at radius 3 is 2.88 bits per heavy atom. The summed E-state index contributed by atoms with van der Waals surface area (Å²) in [5.74, 6) is -1.00. The molecule has 0 fully saturated rings. The minimum Gasteiger partial charge on any atom is -0.478 e. The maximum absolute atomic E-state index is 10.9. The van der Waals surface area contributed by atoms with Crippen LogP contribution in [-0.4, -0.2) is 22.4 Å². The molecule has 0 heterocycles. The van der Waals surface area contributed by atoms with Gasteiger partial charge < -0.3 is 10.8 Å². The summed E-state index contributed by atoms with van der Waals surface area (Å²) < 4.78 is 0.842. The average Bonchev–Trinajstić information content (AvgIpc) is 2.19. The van der Waals surface area contributed by atoms with Crippen LogP contribution < -0.4 is 11.2 Å². The van der Waals surface area contributed by atoms with Crippen LogP contribution in [0.15, 0.2) is 23.3 Å². The molecule has 4 N–H and O–H groups in total. The number of nitrogens with one attached hydrogen (secondary N) is 1. The molecule has 0 aliphatic rings. The van der Waals surface area contributed by atoms with Crippen LogP contribution in [0.2, 0.25) is 0 Å². The van der Waals surface area contributed by atoms with E-state index in [4.69, 9.17) is 10.8 Å². The van der Waals surface area contributed by atoms with Gasteiger partial charge in [-0.3, -0.25) is 5.43 Å². The summed E-state index contributed by atoms with van der Waals surface area (Å²) in [7, 11) is 0. The van der Waals surface area contributed by atoms with Crippen molar-refractivity contribution < 1.29 is 9.90 Å². The molecule has 16 heavy (non-hydrogen) atoms. The summed E-state index contributed by atoms with van der Waals surface area (Å²) in [5.41, 5.74) is 8.19. The van der Waals surface area contributed by atoms with Gasteiger partial charge in [0.1, 0.15) is 0 Å². The Hall–Kier alpha value is -1.22. The fourth-order valence-electron chi connectivity index (χ4n) is 0.992. The number of carboxylic acids is 1. The van der Waals surface area contributed by atoms with Crippen LogP contribution in [0.25, 0.3) is 0 Å². The second-order valence-electron chi connectivity index (χ2n) is 2.77. The lowest BCUT2D eigenvalue weighted by Gasteiger charge is -2.01. The lowest BCUT2D eigenvalue weighted by atomic mass is 10.1. The highest BCUT2D eigenvalue weighted by Crippen LogP contribution is 2.12. The van der Waals surface area contributed by atoms with E-state index in [1.54, 1.807) is 18.2 Å². The van der Waals surface area contributed by atoms with Gasteiger partial charge in [0.2, 0.25) is 0 Å². The number of benzene rings is 1. The van der Waals surface area contributed by atoms with E-state index in [1.807, 2.05) is 22.6 Å². The number of rotatable bonds is 3. The second kappa shape index (κ2) is 5.75. The fraction of sp³-hybridized carbons (Fsp3) is 0. The Morgan fingerprint density at radius 1 is 1.62 bits per heavy atom. The van der Waals surface area contributed by atoms with E-state index in [1.165, 1.54) is 6.21 Å². The van der Waals surface area contributed by atoms with E-state index in [-0.39, 0.29) is 10.7 Å². The van der Waals surface area contributed by atoms with Crippen molar-refractivity contribution in [1.29, 1.82) is 0 Å². The average molecular weight is 349 g/mol. The lowest BCUT2D eigenvalue weighted by molar-refractivity contribution is 0.0696. The van der Waals surface area contributed by atoms with Gasteiger partial charge in [-0.1, -0.05) is 6.07 Å². The topological polar surface area (TPSA) is 87.7 Å². The number of hydrogen-bond acceptors (Lipinski definition) is 3. The largest absolute Gasteiger partial charge is 0.478 e. The van der Waals surface area contributed by atoms with Gasteiger partial charge in [0.25, 0.3) is 0 Å². The zero-order chi connectivity index (χ0) is 12.1. The van der Waals surface area contributed by atoms with Crippen molar-refractivity contribution in [3.05, 3.63) is 32.9 Å². The van der Waals surface area contributed by atoms with E-state index in [9.17, 15) is 4.79 Å². The Kier molecular flexibility index (Phi) is 4.62. The standard InChI is InChI=1S/C9H8IN3O2S/c10-6-2-1-5(4-12-13-9(11)16)7(3-6)8(14)15/h1-4H,(H,14,15)(H3,11,13,16). The van der Waals surface area contributed by atoms with Crippen LogP contribution in [-0.2, 0) is 0 Å². The molecular formula is C9H8IN3O2S. The summed E-state index contributed by atoms with van der Waals surface area (Å²) in [6, 6.07) is 5.01. The van der Waals surface area contributed by atoms with Gasteiger partial charge in [-0.15, -0.1) is 0 Å². The van der Waals surface area contributed by atoms with Gasteiger partial charge in [-0.25, -0.2) is 4.79 Å². The number of halogens is 1. The number of nitrogens with two attached hydrogens (primary N) is 1. The third-order valence-electron chi connectivity index (χ3n) is 1.62. The zero-order valence-corrected chi connectivity index (χ0v) is 10.9. The maximum Gasteiger partial charge on any atom is 0.336 e. The highest BCUT2D eigenvalue weighted by molar-refractivity contribution is 14.1. The monoisotopic (exact) mass is 349 g/mol. The molecule has 1 aromatic carbocycles. The van der Waals surface area contributed by atoms with E-state index < -0.39 is 5.97 Å². The third kappa shape index (κ3) is 3.74. The Bertz CT molecular complexity index is 462. The van der Waals surface area contributed by atoms with Gasteiger partial charge >= 0.3 is 5.97 Å². The highest BCUT2D eigenvalue weighted by atomic mass is 127. The van der Waals surface area contributed by atoms with E-state index >= 15 is 0 Å². The van der Waals surface area contributed by atoms with Crippen LogP contribution in [0, 0.1) is 3.57 Å². The molecule has 0 aromatic heterocycles. The Labute approximate surface area is 111 Å². The zero-order valence-electron chi connectivity index (χ0n) is 7.98.